The lowest BCUT2D eigenvalue weighted by molar-refractivity contribution is -0.117. The molecule has 0 bridgehead atoms. The average Bonchev–Trinajstić information content (AvgIpc) is 3.69. The highest BCUT2D eigenvalue weighted by molar-refractivity contribution is 8.00. The third-order valence-electron chi connectivity index (χ3n) is 6.42. The number of aliphatic hydroxyl groups excluding tert-OH is 1. The van der Waals surface area contributed by atoms with E-state index in [1.807, 2.05) is 36.4 Å². The number of carbonyl (C=O) groups excluding carboxylic acids is 2. The van der Waals surface area contributed by atoms with Gasteiger partial charge in [-0.25, -0.2) is 0 Å². The average molecular weight is 590 g/mol. The van der Waals surface area contributed by atoms with Crippen LogP contribution in [0.25, 0.3) is 11.0 Å². The van der Waals surface area contributed by atoms with E-state index in [1.165, 1.54) is 35.1 Å². The zero-order chi connectivity index (χ0) is 27.8. The summed E-state index contributed by atoms with van der Waals surface area (Å²) in [5, 5.41) is 21.2. The van der Waals surface area contributed by atoms with Gasteiger partial charge in [0.25, 0.3) is 5.91 Å². The van der Waals surface area contributed by atoms with E-state index in [0.717, 1.165) is 10.9 Å². The molecule has 0 fully saturated rings. The minimum Gasteiger partial charge on any atom is -0.503 e. The minimum atomic E-state index is -0.988. The molecule has 0 unspecified atom stereocenters. The number of hydrogen-bond donors (Lipinski definition) is 1. The summed E-state index contributed by atoms with van der Waals surface area (Å²) in [6.07, 6.45) is 0. The Balaban J connectivity index is 1.38. The lowest BCUT2D eigenvalue weighted by Crippen LogP contribution is -2.31. The molecule has 0 saturated heterocycles. The number of benzene rings is 3. The van der Waals surface area contributed by atoms with E-state index in [-0.39, 0.29) is 16.5 Å². The highest BCUT2D eigenvalue weighted by Gasteiger charge is 2.47. The highest BCUT2D eigenvalue weighted by atomic mass is 35.5. The molecule has 1 aliphatic rings. The molecule has 0 spiro atoms. The first-order valence-corrected chi connectivity index (χ1v) is 14.3. The Kier molecular flexibility index (Phi) is 7.05. The number of anilines is 1. The highest BCUT2D eigenvalue weighted by Crippen LogP contribution is 2.45. The molecule has 1 atom stereocenters. The number of carbonyl (C=O) groups is 2. The number of amides is 1. The normalized spacial score (nSPS) is 15.3. The van der Waals surface area contributed by atoms with E-state index in [9.17, 15) is 14.7 Å². The number of furan rings is 1. The quantitative estimate of drug-likeness (QED) is 0.117. The van der Waals surface area contributed by atoms with Gasteiger partial charge in [-0.2, -0.15) is 0 Å². The molecule has 2 aromatic heterocycles. The molecule has 3 aromatic carbocycles. The first-order valence-electron chi connectivity index (χ1n) is 12.1. The van der Waals surface area contributed by atoms with Crippen LogP contribution in [-0.2, 0) is 10.5 Å². The molecule has 0 saturated carbocycles. The molecule has 200 valence electrons. The van der Waals surface area contributed by atoms with Crippen LogP contribution in [0.2, 0.25) is 5.02 Å². The van der Waals surface area contributed by atoms with Crippen molar-refractivity contribution >= 4 is 62.5 Å². The number of fused-ring (bicyclic) bond motifs is 1. The van der Waals surface area contributed by atoms with Gasteiger partial charge in [-0.15, -0.1) is 10.2 Å². The number of hydrogen-bond acceptors (Lipinski definition) is 9. The smallest absolute Gasteiger partial charge is 0.296 e. The second kappa shape index (κ2) is 10.8. The number of methoxy groups -OCH3 is 1. The fraction of sp³-hybridized carbons (Fsp3) is 0.103. The van der Waals surface area contributed by atoms with Crippen molar-refractivity contribution in [1.29, 1.82) is 0 Å². The molecule has 6 rings (SSSR count). The predicted molar refractivity (Wildman–Crippen MR) is 154 cm³/mol. The van der Waals surface area contributed by atoms with E-state index in [2.05, 4.69) is 10.2 Å². The number of ketones is 1. The predicted octanol–water partition coefficient (Wildman–Crippen LogP) is 7.02. The van der Waals surface area contributed by atoms with Crippen molar-refractivity contribution in [2.24, 2.45) is 0 Å². The van der Waals surface area contributed by atoms with Crippen LogP contribution in [0.3, 0.4) is 0 Å². The third-order valence-corrected chi connectivity index (χ3v) is 8.90. The van der Waals surface area contributed by atoms with Crippen LogP contribution in [0.1, 0.15) is 27.7 Å². The monoisotopic (exact) mass is 589 g/mol. The number of para-hydroxylation sites is 1. The molecule has 40 heavy (non-hydrogen) atoms. The van der Waals surface area contributed by atoms with Crippen molar-refractivity contribution in [2.45, 2.75) is 16.1 Å². The maximum atomic E-state index is 13.8. The number of aromatic nitrogens is 2. The SMILES string of the molecule is COc1cccc([C@H]2C(C(=O)c3cc4ccccc4o3)=C(O)C(=O)N2c2nnc(SCc3ccccc3Cl)s2)c1. The summed E-state index contributed by atoms with van der Waals surface area (Å²) in [6.45, 7) is 0. The topological polar surface area (TPSA) is 106 Å². The number of nitrogens with zero attached hydrogens (tertiary/aromatic N) is 3. The van der Waals surface area contributed by atoms with E-state index in [1.54, 1.807) is 42.5 Å². The fourth-order valence-electron chi connectivity index (χ4n) is 4.50. The van der Waals surface area contributed by atoms with Crippen LogP contribution in [-0.4, -0.2) is 34.1 Å². The Morgan fingerprint density at radius 1 is 1.10 bits per heavy atom. The molecule has 1 aliphatic heterocycles. The van der Waals surface area contributed by atoms with Gasteiger partial charge in [-0.05, 0) is 41.5 Å². The molecule has 11 heteroatoms. The van der Waals surface area contributed by atoms with Crippen LogP contribution in [0.5, 0.6) is 5.75 Å². The molecular weight excluding hydrogens is 570 g/mol. The summed E-state index contributed by atoms with van der Waals surface area (Å²) >= 11 is 8.89. The Morgan fingerprint density at radius 2 is 1.90 bits per heavy atom. The molecular formula is C29H20ClN3O5S2. The summed E-state index contributed by atoms with van der Waals surface area (Å²) in [4.78, 5) is 28.6. The Morgan fingerprint density at radius 3 is 2.70 bits per heavy atom. The standard InChI is InChI=1S/C29H20ClN3O5S2/c1-37-19-10-6-9-17(13-19)24-23(25(34)22-14-16-7-3-5-12-21(16)38-22)26(35)27(36)33(24)28-31-32-29(40-28)39-15-18-8-2-4-11-20(18)30/h2-14,24,35H,15H2,1H3/t24-/m0/s1. The molecule has 1 N–H and O–H groups in total. The number of Topliss-reactive ketones (excluding diaryl/α,β-unsaturated/α-hetero) is 1. The number of halogens is 1. The van der Waals surface area contributed by atoms with Gasteiger partial charge in [0, 0.05) is 16.2 Å². The van der Waals surface area contributed by atoms with E-state index >= 15 is 0 Å². The van der Waals surface area contributed by atoms with Crippen molar-refractivity contribution < 1.29 is 23.8 Å². The van der Waals surface area contributed by atoms with Gasteiger partial charge in [-0.1, -0.05) is 83.2 Å². The Hall–Kier alpha value is -4.12. The second-order valence-electron chi connectivity index (χ2n) is 8.82. The number of aliphatic hydroxyl groups is 1. The first-order chi connectivity index (χ1) is 19.4. The van der Waals surface area contributed by atoms with Gasteiger partial charge in [0.05, 0.1) is 18.7 Å². The number of rotatable bonds is 8. The summed E-state index contributed by atoms with van der Waals surface area (Å²) in [6, 6.07) is 22.3. The molecule has 5 aromatic rings. The lowest BCUT2D eigenvalue weighted by Gasteiger charge is -2.24. The van der Waals surface area contributed by atoms with E-state index in [0.29, 0.717) is 32.0 Å². The summed E-state index contributed by atoms with van der Waals surface area (Å²) in [7, 11) is 1.53. The zero-order valence-corrected chi connectivity index (χ0v) is 23.3. The van der Waals surface area contributed by atoms with Crippen molar-refractivity contribution in [1.82, 2.24) is 10.2 Å². The molecule has 0 aliphatic carbocycles. The summed E-state index contributed by atoms with van der Waals surface area (Å²) in [5.74, 6) is -0.931. The maximum Gasteiger partial charge on any atom is 0.296 e. The van der Waals surface area contributed by atoms with Crippen molar-refractivity contribution in [3.05, 3.63) is 112 Å². The van der Waals surface area contributed by atoms with Gasteiger partial charge in [0.1, 0.15) is 11.3 Å². The summed E-state index contributed by atoms with van der Waals surface area (Å²) in [5.41, 5.74) is 1.90. The van der Waals surface area contributed by atoms with Crippen LogP contribution in [0, 0.1) is 0 Å². The summed E-state index contributed by atoms with van der Waals surface area (Å²) < 4.78 is 11.8. The van der Waals surface area contributed by atoms with Gasteiger partial charge in [0.2, 0.25) is 10.9 Å². The van der Waals surface area contributed by atoms with Gasteiger partial charge in [-0.3, -0.25) is 14.5 Å². The number of ether oxygens (including phenoxy) is 1. The minimum absolute atomic E-state index is 0.0125. The van der Waals surface area contributed by atoms with Crippen molar-refractivity contribution in [3.8, 4) is 5.75 Å². The van der Waals surface area contributed by atoms with Crippen LogP contribution in [0.4, 0.5) is 5.13 Å². The third kappa shape index (κ3) is 4.74. The van der Waals surface area contributed by atoms with Gasteiger partial charge < -0.3 is 14.3 Å². The van der Waals surface area contributed by atoms with Crippen LogP contribution < -0.4 is 9.64 Å². The van der Waals surface area contributed by atoms with Gasteiger partial charge >= 0.3 is 0 Å². The van der Waals surface area contributed by atoms with Crippen molar-refractivity contribution in [3.63, 3.8) is 0 Å². The molecule has 8 nitrogen and oxygen atoms in total. The van der Waals surface area contributed by atoms with E-state index < -0.39 is 23.5 Å². The Labute approximate surface area is 241 Å². The first kappa shape index (κ1) is 26.1. The van der Waals surface area contributed by atoms with Crippen molar-refractivity contribution in [2.75, 3.05) is 12.0 Å². The largest absolute Gasteiger partial charge is 0.503 e. The number of thioether (sulfide) groups is 1. The van der Waals surface area contributed by atoms with Gasteiger partial charge in [0.15, 0.2) is 15.9 Å². The zero-order valence-electron chi connectivity index (χ0n) is 20.9. The molecule has 0 radical (unpaired) electrons. The van der Waals surface area contributed by atoms with E-state index in [4.69, 9.17) is 20.8 Å². The molecule has 1 amide bonds. The molecule has 3 heterocycles. The second-order valence-corrected chi connectivity index (χ2v) is 11.4. The maximum absolute atomic E-state index is 13.8. The van der Waals surface area contributed by atoms with Crippen LogP contribution in [0.15, 0.2) is 99.0 Å². The fourth-order valence-corrected chi connectivity index (χ4v) is 6.65. The Bertz CT molecular complexity index is 1760. The van der Waals surface area contributed by atoms with Crippen LogP contribution >= 0.6 is 34.7 Å². The lowest BCUT2D eigenvalue weighted by atomic mass is 9.95.